The average molecular weight is 226 g/mol. The van der Waals surface area contributed by atoms with Crippen LogP contribution in [-0.4, -0.2) is 19.6 Å². The molecule has 0 unspecified atom stereocenters. The molecule has 0 saturated heterocycles. The third-order valence-electron chi connectivity index (χ3n) is 2.30. The predicted molar refractivity (Wildman–Crippen MR) is 77.0 cm³/mol. The lowest BCUT2D eigenvalue weighted by Crippen LogP contribution is -2.16. The molecule has 16 heavy (non-hydrogen) atoms. The van der Waals surface area contributed by atoms with Crippen LogP contribution in [0.15, 0.2) is 24.3 Å². The summed E-state index contributed by atoms with van der Waals surface area (Å²) in [5.74, 6) is 0. The Bertz CT molecular complexity index is 250. The molecule has 0 atom stereocenters. The molecule has 0 radical (unpaired) electrons. The molecule has 1 rings (SSSR count). The van der Waals surface area contributed by atoms with Crippen molar-refractivity contribution in [3.63, 3.8) is 0 Å². The molecule has 0 aliphatic heterocycles. The van der Waals surface area contributed by atoms with Gasteiger partial charge in [-0.3, -0.25) is 0 Å². The van der Waals surface area contributed by atoms with Crippen molar-refractivity contribution < 1.29 is 2.85 Å². The van der Waals surface area contributed by atoms with E-state index in [2.05, 4.69) is 36.5 Å². The van der Waals surface area contributed by atoms with E-state index in [1.807, 2.05) is 13.8 Å². The third-order valence-corrected chi connectivity index (χ3v) is 2.30. The smallest absolute Gasteiger partial charge is 0 e. The Morgan fingerprint density at radius 3 is 2.00 bits per heavy atom. The molecule has 0 amide bonds. The Labute approximate surface area is 103 Å². The molecule has 2 heteroatoms. The van der Waals surface area contributed by atoms with Crippen LogP contribution in [0.2, 0.25) is 0 Å². The summed E-state index contributed by atoms with van der Waals surface area (Å²) in [5, 5.41) is 3.32. The van der Waals surface area contributed by atoms with Gasteiger partial charge in [0, 0.05) is 2.85 Å². The number of hydrogen-bond acceptors (Lipinski definition) is 2. The van der Waals surface area contributed by atoms with Gasteiger partial charge in [0.1, 0.15) is 0 Å². The van der Waals surface area contributed by atoms with Gasteiger partial charge in [0.05, 0.1) is 0 Å². The Morgan fingerprint density at radius 2 is 1.56 bits per heavy atom. The quantitative estimate of drug-likeness (QED) is 0.732. The van der Waals surface area contributed by atoms with Crippen molar-refractivity contribution in [3.8, 4) is 0 Å². The maximum Gasteiger partial charge on any atom is 0 e. The third kappa shape index (κ3) is 6.59. The van der Waals surface area contributed by atoms with Gasteiger partial charge in [-0.25, -0.2) is 0 Å². The molecule has 0 aliphatic carbocycles. The van der Waals surface area contributed by atoms with Gasteiger partial charge in [-0.2, -0.15) is 0 Å². The fourth-order valence-electron chi connectivity index (χ4n) is 1.45. The Morgan fingerprint density at radius 1 is 1.06 bits per heavy atom. The van der Waals surface area contributed by atoms with Crippen LogP contribution in [0.25, 0.3) is 0 Å². The molecular formula is C14H30N2. The summed E-state index contributed by atoms with van der Waals surface area (Å²) in [7, 11) is 0. The number of likely N-dealkylation sites (N-methyl/N-ethyl adjacent to an activating group) is 1. The van der Waals surface area contributed by atoms with Crippen LogP contribution in [-0.2, 0) is 12.8 Å². The van der Waals surface area contributed by atoms with Crippen LogP contribution in [0.3, 0.4) is 0 Å². The Hall–Kier alpha value is -0.860. The number of rotatable bonds is 6. The molecule has 1 aromatic rings. The standard InChI is InChI=1S/C12H20N2.C2H6.2H2/c1-2-14-10-8-12-5-3-11(4-6-12)7-9-13;1-2;;/h3-6,14H,2,7-10,13H2,1H3;1-2H3;2*1H. The zero-order valence-corrected chi connectivity index (χ0v) is 10.9. The summed E-state index contributed by atoms with van der Waals surface area (Å²) in [6.45, 7) is 8.97. The fraction of sp³-hybridized carbons (Fsp3) is 0.571. The summed E-state index contributed by atoms with van der Waals surface area (Å²) in [6.07, 6.45) is 2.09. The highest BCUT2D eigenvalue weighted by molar-refractivity contribution is 5.22. The molecule has 0 heterocycles. The summed E-state index contributed by atoms with van der Waals surface area (Å²) >= 11 is 0. The first kappa shape index (κ1) is 15.1. The first-order valence-electron chi connectivity index (χ1n) is 6.35. The van der Waals surface area contributed by atoms with E-state index in [1.54, 1.807) is 0 Å². The molecule has 0 fully saturated rings. The molecule has 0 aliphatic rings. The van der Waals surface area contributed by atoms with E-state index in [1.165, 1.54) is 11.1 Å². The minimum Gasteiger partial charge on any atom is -0.330 e. The van der Waals surface area contributed by atoms with Gasteiger partial charge in [0.25, 0.3) is 0 Å². The average Bonchev–Trinajstić information content (AvgIpc) is 2.35. The van der Waals surface area contributed by atoms with Gasteiger partial charge >= 0.3 is 0 Å². The molecule has 0 saturated carbocycles. The van der Waals surface area contributed by atoms with Crippen molar-refractivity contribution in [2.24, 2.45) is 5.73 Å². The van der Waals surface area contributed by atoms with E-state index in [4.69, 9.17) is 5.73 Å². The SMILES string of the molecule is CC.CCNCCc1ccc(CCN)cc1.[HH].[HH]. The second-order valence-electron chi connectivity index (χ2n) is 3.46. The lowest BCUT2D eigenvalue weighted by molar-refractivity contribution is 0.716. The van der Waals surface area contributed by atoms with Crippen molar-refractivity contribution in [2.75, 3.05) is 19.6 Å². The van der Waals surface area contributed by atoms with Crippen molar-refractivity contribution in [2.45, 2.75) is 33.6 Å². The lowest BCUT2D eigenvalue weighted by atomic mass is 10.1. The summed E-state index contributed by atoms with van der Waals surface area (Å²) in [5.41, 5.74) is 8.21. The number of hydrogen-bond donors (Lipinski definition) is 2. The summed E-state index contributed by atoms with van der Waals surface area (Å²) < 4.78 is 0. The van der Waals surface area contributed by atoms with E-state index >= 15 is 0 Å². The van der Waals surface area contributed by atoms with E-state index in [0.717, 1.165) is 32.5 Å². The van der Waals surface area contributed by atoms with E-state index < -0.39 is 0 Å². The molecule has 0 spiro atoms. The zero-order valence-electron chi connectivity index (χ0n) is 10.9. The van der Waals surface area contributed by atoms with E-state index in [9.17, 15) is 0 Å². The van der Waals surface area contributed by atoms with Crippen LogP contribution >= 0.6 is 0 Å². The summed E-state index contributed by atoms with van der Waals surface area (Å²) in [4.78, 5) is 0. The molecule has 1 aromatic carbocycles. The summed E-state index contributed by atoms with van der Waals surface area (Å²) in [6, 6.07) is 8.74. The first-order chi connectivity index (χ1) is 7.86. The molecule has 3 N–H and O–H groups in total. The second-order valence-corrected chi connectivity index (χ2v) is 3.46. The van der Waals surface area contributed by atoms with Crippen molar-refractivity contribution in [1.82, 2.24) is 5.32 Å². The highest BCUT2D eigenvalue weighted by Crippen LogP contribution is 2.04. The van der Waals surface area contributed by atoms with Crippen LogP contribution in [0.5, 0.6) is 0 Å². The number of benzene rings is 1. The number of nitrogens with one attached hydrogen (secondary N) is 1. The fourth-order valence-corrected chi connectivity index (χ4v) is 1.45. The predicted octanol–water partition coefficient (Wildman–Crippen LogP) is 2.86. The van der Waals surface area contributed by atoms with Crippen molar-refractivity contribution >= 4 is 0 Å². The number of nitrogens with two attached hydrogens (primary N) is 1. The van der Waals surface area contributed by atoms with Gasteiger partial charge in [0.2, 0.25) is 0 Å². The molecule has 96 valence electrons. The minimum atomic E-state index is 0. The van der Waals surface area contributed by atoms with Gasteiger partial charge in [-0.05, 0) is 43.6 Å². The van der Waals surface area contributed by atoms with Crippen molar-refractivity contribution in [3.05, 3.63) is 35.4 Å². The molecule has 0 aromatic heterocycles. The Balaban J connectivity index is -0.000000534. The Kier molecular flexibility index (Phi) is 10.1. The van der Waals surface area contributed by atoms with Gasteiger partial charge in [0.15, 0.2) is 0 Å². The van der Waals surface area contributed by atoms with Crippen LogP contribution in [0.4, 0.5) is 0 Å². The first-order valence-corrected chi connectivity index (χ1v) is 6.35. The second kappa shape index (κ2) is 10.7. The van der Waals surface area contributed by atoms with Gasteiger partial charge in [-0.1, -0.05) is 45.0 Å². The topological polar surface area (TPSA) is 38.0 Å². The monoisotopic (exact) mass is 226 g/mol. The van der Waals surface area contributed by atoms with Gasteiger partial charge < -0.3 is 11.1 Å². The van der Waals surface area contributed by atoms with Crippen LogP contribution < -0.4 is 11.1 Å². The van der Waals surface area contributed by atoms with Crippen LogP contribution in [0.1, 0.15) is 34.8 Å². The van der Waals surface area contributed by atoms with E-state index in [0.29, 0.717) is 0 Å². The highest BCUT2D eigenvalue weighted by Gasteiger charge is 1.93. The van der Waals surface area contributed by atoms with E-state index in [-0.39, 0.29) is 2.85 Å². The minimum absolute atomic E-state index is 0. The molecule has 2 nitrogen and oxygen atoms in total. The maximum absolute atomic E-state index is 5.49. The van der Waals surface area contributed by atoms with Crippen molar-refractivity contribution in [1.29, 1.82) is 0 Å². The molecular weight excluding hydrogens is 196 g/mol. The zero-order chi connectivity index (χ0) is 12.2. The lowest BCUT2D eigenvalue weighted by Gasteiger charge is -2.03. The van der Waals surface area contributed by atoms with Gasteiger partial charge in [-0.15, -0.1) is 0 Å². The molecule has 0 bridgehead atoms. The highest BCUT2D eigenvalue weighted by atomic mass is 14.8. The normalized spacial score (nSPS) is 9.50. The maximum atomic E-state index is 5.49. The van der Waals surface area contributed by atoms with Crippen LogP contribution in [0, 0.1) is 0 Å². The largest absolute Gasteiger partial charge is 0.330 e.